The molecule has 2 aromatic rings. The van der Waals surface area contributed by atoms with Gasteiger partial charge < -0.3 is 15.2 Å². The van der Waals surface area contributed by atoms with Gasteiger partial charge in [0.15, 0.2) is 0 Å². The second-order valence-electron chi connectivity index (χ2n) is 8.07. The van der Waals surface area contributed by atoms with Crippen molar-refractivity contribution in [2.45, 2.75) is 48.8 Å². The van der Waals surface area contributed by atoms with E-state index < -0.39 is 10.0 Å². The summed E-state index contributed by atoms with van der Waals surface area (Å²) < 4.78 is 33.9. The van der Waals surface area contributed by atoms with Gasteiger partial charge in [0.05, 0.1) is 23.2 Å². The number of rotatable bonds is 5. The molecule has 4 rings (SSSR count). The summed E-state index contributed by atoms with van der Waals surface area (Å²) in [5.74, 6) is 0. The summed E-state index contributed by atoms with van der Waals surface area (Å²) in [5.41, 5.74) is -0.244. The highest BCUT2D eigenvalue weighted by atomic mass is 32.2. The number of nitrogens with zero attached hydrogens (tertiary/aromatic N) is 1. The van der Waals surface area contributed by atoms with Crippen LogP contribution >= 0.6 is 0 Å². The van der Waals surface area contributed by atoms with Gasteiger partial charge in [-0.1, -0.05) is 30.3 Å². The maximum atomic E-state index is 13.1. The van der Waals surface area contributed by atoms with Crippen LogP contribution in [0.1, 0.15) is 26.2 Å². The Bertz CT molecular complexity index is 936. The van der Waals surface area contributed by atoms with Crippen molar-refractivity contribution in [3.63, 3.8) is 0 Å². The van der Waals surface area contributed by atoms with Crippen molar-refractivity contribution in [2.75, 3.05) is 26.2 Å². The predicted molar refractivity (Wildman–Crippen MR) is 109 cm³/mol. The molecule has 6 nitrogen and oxygen atoms in total. The molecule has 2 heterocycles. The van der Waals surface area contributed by atoms with E-state index in [-0.39, 0.29) is 17.7 Å². The molecule has 1 unspecified atom stereocenters. The Morgan fingerprint density at radius 2 is 1.93 bits per heavy atom. The average Bonchev–Trinajstić information content (AvgIpc) is 3.09. The van der Waals surface area contributed by atoms with Gasteiger partial charge in [-0.2, -0.15) is 4.31 Å². The molecule has 152 valence electrons. The van der Waals surface area contributed by atoms with E-state index in [0.29, 0.717) is 44.0 Å². The number of benzene rings is 2. The zero-order valence-corrected chi connectivity index (χ0v) is 17.0. The summed E-state index contributed by atoms with van der Waals surface area (Å²) in [6, 6.07) is 13.3. The summed E-state index contributed by atoms with van der Waals surface area (Å²) in [5, 5.41) is 14.7. The van der Waals surface area contributed by atoms with Crippen LogP contribution < -0.4 is 5.32 Å². The fourth-order valence-electron chi connectivity index (χ4n) is 4.27. The Labute approximate surface area is 166 Å². The number of hydrogen-bond donors (Lipinski definition) is 2. The van der Waals surface area contributed by atoms with Crippen molar-refractivity contribution >= 4 is 20.8 Å². The van der Waals surface area contributed by atoms with Crippen LogP contribution in [0.25, 0.3) is 10.8 Å². The van der Waals surface area contributed by atoms with Crippen LogP contribution in [-0.2, 0) is 14.8 Å². The molecule has 0 amide bonds. The Hall–Kier alpha value is -1.51. The molecule has 0 aromatic heterocycles. The molecule has 7 heteroatoms. The van der Waals surface area contributed by atoms with E-state index in [0.717, 1.165) is 17.2 Å². The maximum Gasteiger partial charge on any atom is 0.243 e. The second kappa shape index (κ2) is 7.72. The van der Waals surface area contributed by atoms with E-state index in [2.05, 4.69) is 5.32 Å². The first kappa shape index (κ1) is 19.8. The van der Waals surface area contributed by atoms with Gasteiger partial charge in [-0.3, -0.25) is 0 Å². The summed E-state index contributed by atoms with van der Waals surface area (Å²) in [6.07, 6.45) is 1.88. The second-order valence-corrected chi connectivity index (χ2v) is 10.0. The Morgan fingerprint density at radius 1 is 1.21 bits per heavy atom. The van der Waals surface area contributed by atoms with Crippen LogP contribution in [0.3, 0.4) is 0 Å². The Morgan fingerprint density at radius 3 is 2.64 bits per heavy atom. The molecule has 2 N–H and O–H groups in total. The number of aliphatic hydroxyl groups is 1. The standard InChI is InChI=1S/C21H28N2O4S/c1-16(24)14-22-19-13-21(27-15-19)8-10-23(11-9-21)28(25,26)20-7-6-17-4-2-3-5-18(17)12-20/h2-7,12,16,19,22,24H,8-11,13-15H2,1H3/t16?,19-/m1/s1. The van der Waals surface area contributed by atoms with Crippen LogP contribution in [0.5, 0.6) is 0 Å². The first-order chi connectivity index (χ1) is 13.4. The Kier molecular flexibility index (Phi) is 5.46. The molecule has 0 radical (unpaired) electrons. The monoisotopic (exact) mass is 404 g/mol. The largest absolute Gasteiger partial charge is 0.392 e. The molecule has 2 aliphatic rings. The molecule has 0 bridgehead atoms. The number of ether oxygens (including phenoxy) is 1. The van der Waals surface area contributed by atoms with Crippen molar-refractivity contribution in [3.8, 4) is 0 Å². The number of piperidine rings is 1. The van der Waals surface area contributed by atoms with Crippen molar-refractivity contribution < 1.29 is 18.3 Å². The SMILES string of the molecule is CC(O)CN[C@H]1COC2(CCN(S(=O)(=O)c3ccc4ccccc4c3)CC2)C1. The van der Waals surface area contributed by atoms with Gasteiger partial charge in [-0.25, -0.2) is 8.42 Å². The lowest BCUT2D eigenvalue weighted by Gasteiger charge is -2.38. The van der Waals surface area contributed by atoms with E-state index in [1.807, 2.05) is 30.3 Å². The summed E-state index contributed by atoms with van der Waals surface area (Å²) in [6.45, 7) is 3.86. The molecule has 2 atom stereocenters. The van der Waals surface area contributed by atoms with E-state index >= 15 is 0 Å². The first-order valence-corrected chi connectivity index (χ1v) is 11.4. The topological polar surface area (TPSA) is 78.9 Å². The van der Waals surface area contributed by atoms with Gasteiger partial charge in [-0.05, 0) is 49.1 Å². The number of nitrogens with one attached hydrogen (secondary N) is 1. The zero-order valence-electron chi connectivity index (χ0n) is 16.2. The normalized spacial score (nSPS) is 24.0. The quantitative estimate of drug-likeness (QED) is 0.798. The van der Waals surface area contributed by atoms with Crippen LogP contribution in [0.2, 0.25) is 0 Å². The van der Waals surface area contributed by atoms with Gasteiger partial charge in [0.25, 0.3) is 0 Å². The average molecular weight is 405 g/mol. The van der Waals surface area contributed by atoms with Gasteiger partial charge in [-0.15, -0.1) is 0 Å². The van der Waals surface area contributed by atoms with Crippen molar-refractivity contribution in [1.29, 1.82) is 0 Å². The van der Waals surface area contributed by atoms with E-state index in [9.17, 15) is 13.5 Å². The molecular weight excluding hydrogens is 376 g/mol. The predicted octanol–water partition coefficient (Wildman–Crippen LogP) is 2.12. The van der Waals surface area contributed by atoms with Crippen molar-refractivity contribution in [1.82, 2.24) is 9.62 Å². The zero-order chi connectivity index (χ0) is 19.8. The molecule has 0 saturated carbocycles. The molecule has 2 saturated heterocycles. The minimum absolute atomic E-state index is 0.221. The number of sulfonamides is 1. The lowest BCUT2D eigenvalue weighted by atomic mass is 9.88. The van der Waals surface area contributed by atoms with Gasteiger partial charge >= 0.3 is 0 Å². The van der Waals surface area contributed by atoms with E-state index in [1.54, 1.807) is 23.4 Å². The fraction of sp³-hybridized carbons (Fsp3) is 0.524. The molecule has 0 aliphatic carbocycles. The third-order valence-electron chi connectivity index (χ3n) is 5.90. The van der Waals surface area contributed by atoms with E-state index in [1.165, 1.54) is 0 Å². The van der Waals surface area contributed by atoms with Crippen molar-refractivity contribution in [2.24, 2.45) is 0 Å². The molecule has 2 fully saturated rings. The number of fused-ring (bicyclic) bond motifs is 1. The lowest BCUT2D eigenvalue weighted by Crippen LogP contribution is -2.47. The third-order valence-corrected chi connectivity index (χ3v) is 7.80. The lowest BCUT2D eigenvalue weighted by molar-refractivity contribution is -0.0311. The summed E-state index contributed by atoms with van der Waals surface area (Å²) >= 11 is 0. The van der Waals surface area contributed by atoms with Crippen LogP contribution in [-0.4, -0.2) is 61.8 Å². The van der Waals surface area contributed by atoms with Gasteiger partial charge in [0.2, 0.25) is 10.0 Å². The third kappa shape index (κ3) is 3.95. The van der Waals surface area contributed by atoms with Gasteiger partial charge in [0.1, 0.15) is 0 Å². The highest BCUT2D eigenvalue weighted by Gasteiger charge is 2.44. The smallest absolute Gasteiger partial charge is 0.243 e. The highest BCUT2D eigenvalue weighted by molar-refractivity contribution is 7.89. The minimum Gasteiger partial charge on any atom is -0.392 e. The number of aliphatic hydroxyl groups excluding tert-OH is 1. The van der Waals surface area contributed by atoms with Crippen molar-refractivity contribution in [3.05, 3.63) is 42.5 Å². The first-order valence-electron chi connectivity index (χ1n) is 9.92. The van der Waals surface area contributed by atoms with Crippen LogP contribution in [0.4, 0.5) is 0 Å². The van der Waals surface area contributed by atoms with E-state index in [4.69, 9.17) is 4.74 Å². The summed E-state index contributed by atoms with van der Waals surface area (Å²) in [4.78, 5) is 0.353. The molecule has 2 aromatic carbocycles. The Balaban J connectivity index is 1.42. The highest BCUT2D eigenvalue weighted by Crippen LogP contribution is 2.37. The number of hydrogen-bond acceptors (Lipinski definition) is 5. The maximum absolute atomic E-state index is 13.1. The minimum atomic E-state index is -3.51. The van der Waals surface area contributed by atoms with Crippen LogP contribution in [0, 0.1) is 0 Å². The molecule has 2 aliphatic heterocycles. The molecular formula is C21H28N2O4S. The fourth-order valence-corrected chi connectivity index (χ4v) is 5.75. The summed E-state index contributed by atoms with van der Waals surface area (Å²) in [7, 11) is -3.51. The van der Waals surface area contributed by atoms with Crippen LogP contribution in [0.15, 0.2) is 47.4 Å². The van der Waals surface area contributed by atoms with Gasteiger partial charge in [0, 0.05) is 25.7 Å². The molecule has 28 heavy (non-hydrogen) atoms. The molecule has 1 spiro atoms.